The minimum Gasteiger partial charge on any atom is -0.456 e. The largest absolute Gasteiger partial charge is 0.456 e. The molecule has 4 rings (SSSR count). The van der Waals surface area contributed by atoms with E-state index in [-0.39, 0.29) is 47.8 Å². The number of hydrogen-bond acceptors (Lipinski definition) is 5. The number of rotatable bonds is 0. The molecule has 140 valence electrons. The summed E-state index contributed by atoms with van der Waals surface area (Å²) < 4.78 is 17.9. The van der Waals surface area contributed by atoms with Gasteiger partial charge in [-0.3, -0.25) is 0 Å². The standard InChI is InChI=1S/C20H30O5/c1-11-6-5-8-20(4)14(25-20)7-9-19(3,22)15-10-13-12(2)18(21)24-17(13)16(11)23-15/h11,13-17,22H,2,5-10H2,1,3-4H3/t11-,13-,14+,15-,16-,17+,19+,20+/m0/s1. The van der Waals surface area contributed by atoms with Crippen LogP contribution in [-0.4, -0.2) is 46.7 Å². The zero-order valence-corrected chi connectivity index (χ0v) is 15.5. The third-order valence-corrected chi connectivity index (χ3v) is 7.00. The molecule has 0 unspecified atom stereocenters. The van der Waals surface area contributed by atoms with E-state index in [0.717, 1.165) is 25.7 Å². The van der Waals surface area contributed by atoms with Crippen LogP contribution >= 0.6 is 0 Å². The minimum atomic E-state index is -0.944. The van der Waals surface area contributed by atoms with Crippen LogP contribution < -0.4 is 0 Å². The summed E-state index contributed by atoms with van der Waals surface area (Å²) >= 11 is 0. The molecule has 4 fully saturated rings. The predicted molar refractivity (Wildman–Crippen MR) is 91.9 cm³/mol. The van der Waals surface area contributed by atoms with Crippen molar-refractivity contribution in [3.05, 3.63) is 12.2 Å². The third kappa shape index (κ3) is 2.94. The maximum Gasteiger partial charge on any atom is 0.334 e. The molecule has 0 radical (unpaired) electrons. The van der Waals surface area contributed by atoms with Crippen LogP contribution in [0.25, 0.3) is 0 Å². The molecule has 25 heavy (non-hydrogen) atoms. The summed E-state index contributed by atoms with van der Waals surface area (Å²) in [6.45, 7) is 10.1. The highest BCUT2D eigenvalue weighted by Gasteiger charge is 2.56. The van der Waals surface area contributed by atoms with E-state index >= 15 is 0 Å². The summed E-state index contributed by atoms with van der Waals surface area (Å²) in [5.41, 5.74) is -0.431. The molecule has 2 bridgehead atoms. The van der Waals surface area contributed by atoms with Gasteiger partial charge >= 0.3 is 5.97 Å². The van der Waals surface area contributed by atoms with Crippen LogP contribution in [0.15, 0.2) is 12.2 Å². The second-order valence-electron chi connectivity index (χ2n) is 9.01. The Morgan fingerprint density at radius 2 is 1.92 bits per heavy atom. The van der Waals surface area contributed by atoms with Gasteiger partial charge in [-0.2, -0.15) is 0 Å². The van der Waals surface area contributed by atoms with Crippen molar-refractivity contribution in [2.45, 2.75) is 94.9 Å². The molecular weight excluding hydrogens is 320 g/mol. The van der Waals surface area contributed by atoms with Gasteiger partial charge in [0.1, 0.15) is 6.10 Å². The number of hydrogen-bond donors (Lipinski definition) is 1. The summed E-state index contributed by atoms with van der Waals surface area (Å²) in [5, 5.41) is 11.1. The fourth-order valence-electron chi connectivity index (χ4n) is 5.01. The lowest BCUT2D eigenvalue weighted by Crippen LogP contribution is -2.54. The molecule has 4 aliphatic heterocycles. The minimum absolute atomic E-state index is 0.0262. The zero-order chi connectivity index (χ0) is 18.0. The van der Waals surface area contributed by atoms with Crippen molar-refractivity contribution in [2.24, 2.45) is 11.8 Å². The molecule has 0 saturated carbocycles. The second-order valence-corrected chi connectivity index (χ2v) is 9.01. The van der Waals surface area contributed by atoms with Crippen LogP contribution in [-0.2, 0) is 19.0 Å². The number of fused-ring (bicyclic) bond motifs is 5. The predicted octanol–water partition coefficient (Wildman–Crippen LogP) is 2.75. The quantitative estimate of drug-likeness (QED) is 0.413. The molecule has 0 spiro atoms. The first-order chi connectivity index (χ1) is 11.7. The van der Waals surface area contributed by atoms with E-state index in [1.54, 1.807) is 0 Å². The van der Waals surface area contributed by atoms with E-state index in [0.29, 0.717) is 18.4 Å². The van der Waals surface area contributed by atoms with Crippen molar-refractivity contribution in [1.82, 2.24) is 0 Å². The summed E-state index contributed by atoms with van der Waals surface area (Å²) in [7, 11) is 0. The lowest BCUT2D eigenvalue weighted by Gasteiger charge is -2.45. The van der Waals surface area contributed by atoms with Crippen molar-refractivity contribution < 1.29 is 24.1 Å². The maximum absolute atomic E-state index is 12.0. The second kappa shape index (κ2) is 5.80. The average Bonchev–Trinajstić information content (AvgIpc) is 3.11. The van der Waals surface area contributed by atoms with Crippen LogP contribution in [0.1, 0.15) is 59.3 Å². The Morgan fingerprint density at radius 1 is 1.16 bits per heavy atom. The van der Waals surface area contributed by atoms with Crippen molar-refractivity contribution in [1.29, 1.82) is 0 Å². The Kier molecular flexibility index (Phi) is 4.06. The lowest BCUT2D eigenvalue weighted by molar-refractivity contribution is -0.208. The van der Waals surface area contributed by atoms with Gasteiger partial charge in [-0.05, 0) is 51.9 Å². The van der Waals surface area contributed by atoms with Gasteiger partial charge in [0.2, 0.25) is 0 Å². The lowest BCUT2D eigenvalue weighted by atomic mass is 9.75. The Hall–Kier alpha value is -0.910. The fourth-order valence-corrected chi connectivity index (χ4v) is 5.01. The normalized spacial score (nSPS) is 53.1. The first-order valence-electron chi connectivity index (χ1n) is 9.67. The fraction of sp³-hybridized carbons (Fsp3) is 0.850. The smallest absolute Gasteiger partial charge is 0.334 e. The average molecular weight is 350 g/mol. The number of carbonyl (C=O) groups is 1. The molecule has 0 aromatic rings. The van der Waals surface area contributed by atoms with Crippen molar-refractivity contribution in [3.8, 4) is 0 Å². The summed E-state index contributed by atoms with van der Waals surface area (Å²) in [5.74, 6) is -0.0943. The van der Waals surface area contributed by atoms with Crippen LogP contribution in [0.5, 0.6) is 0 Å². The molecule has 0 aliphatic carbocycles. The summed E-state index contributed by atoms with van der Waals surface area (Å²) in [4.78, 5) is 12.0. The number of aliphatic hydroxyl groups is 1. The van der Waals surface area contributed by atoms with Gasteiger partial charge in [-0.15, -0.1) is 0 Å². The van der Waals surface area contributed by atoms with E-state index in [2.05, 4.69) is 20.4 Å². The topological polar surface area (TPSA) is 68.3 Å². The van der Waals surface area contributed by atoms with Crippen LogP contribution in [0, 0.1) is 11.8 Å². The zero-order valence-electron chi connectivity index (χ0n) is 15.5. The van der Waals surface area contributed by atoms with Crippen molar-refractivity contribution >= 4 is 5.97 Å². The highest BCUT2D eigenvalue weighted by Crippen LogP contribution is 2.48. The summed E-state index contributed by atoms with van der Waals surface area (Å²) in [6, 6.07) is 0. The van der Waals surface area contributed by atoms with E-state index in [1.807, 2.05) is 6.92 Å². The Bertz CT molecular complexity index is 585. The highest BCUT2D eigenvalue weighted by molar-refractivity contribution is 5.91. The molecule has 0 aromatic heterocycles. The molecule has 4 saturated heterocycles. The summed E-state index contributed by atoms with van der Waals surface area (Å²) in [6.07, 6.45) is 4.66. The molecule has 0 aromatic carbocycles. The molecule has 4 aliphatic rings. The van der Waals surface area contributed by atoms with Gasteiger partial charge < -0.3 is 19.3 Å². The molecule has 8 atom stereocenters. The number of esters is 1. The maximum atomic E-state index is 12.0. The van der Waals surface area contributed by atoms with Gasteiger partial charge in [-0.1, -0.05) is 19.9 Å². The van der Waals surface area contributed by atoms with Crippen LogP contribution in [0.2, 0.25) is 0 Å². The highest BCUT2D eigenvalue weighted by atomic mass is 16.6. The monoisotopic (exact) mass is 350 g/mol. The van der Waals surface area contributed by atoms with Crippen molar-refractivity contribution in [2.75, 3.05) is 0 Å². The van der Waals surface area contributed by atoms with Gasteiger partial charge in [0, 0.05) is 11.5 Å². The Morgan fingerprint density at radius 3 is 2.68 bits per heavy atom. The molecule has 4 heterocycles. The first-order valence-corrected chi connectivity index (χ1v) is 9.67. The Labute approximate surface area is 149 Å². The van der Waals surface area contributed by atoms with Crippen molar-refractivity contribution in [3.63, 3.8) is 0 Å². The first kappa shape index (κ1) is 17.5. The van der Waals surface area contributed by atoms with Gasteiger partial charge in [0.25, 0.3) is 0 Å². The molecule has 1 N–H and O–H groups in total. The molecular formula is C20H30O5. The van der Waals surface area contributed by atoms with E-state index in [1.165, 1.54) is 0 Å². The van der Waals surface area contributed by atoms with Gasteiger partial charge in [0.15, 0.2) is 0 Å². The number of epoxide rings is 1. The van der Waals surface area contributed by atoms with Gasteiger partial charge in [-0.25, -0.2) is 4.79 Å². The molecule has 0 amide bonds. The Balaban J connectivity index is 1.61. The number of ether oxygens (including phenoxy) is 3. The third-order valence-electron chi connectivity index (χ3n) is 7.00. The number of carbonyl (C=O) groups excluding carboxylic acids is 1. The van der Waals surface area contributed by atoms with Crippen LogP contribution in [0.3, 0.4) is 0 Å². The van der Waals surface area contributed by atoms with E-state index in [9.17, 15) is 9.90 Å². The molecule has 5 nitrogen and oxygen atoms in total. The van der Waals surface area contributed by atoms with Crippen LogP contribution in [0.4, 0.5) is 0 Å². The van der Waals surface area contributed by atoms with E-state index < -0.39 is 5.60 Å². The van der Waals surface area contributed by atoms with Gasteiger partial charge in [0.05, 0.1) is 29.5 Å². The van der Waals surface area contributed by atoms with E-state index in [4.69, 9.17) is 14.2 Å². The molecule has 5 heteroatoms. The SMILES string of the molecule is C=C1C(=O)O[C@H]2[C@H]3O[C@@H](C[C@@H]12)[C@](C)(O)CC[C@H]1O[C@]1(C)CCC[C@@H]3C.